The van der Waals surface area contributed by atoms with Crippen molar-refractivity contribution in [2.45, 2.75) is 38.6 Å². The zero-order valence-electron chi connectivity index (χ0n) is 12.4. The summed E-state index contributed by atoms with van der Waals surface area (Å²) < 4.78 is 5.47. The van der Waals surface area contributed by atoms with Crippen molar-refractivity contribution in [3.8, 4) is 0 Å². The molecule has 0 amide bonds. The Kier molecular flexibility index (Phi) is 6.75. The Hall–Kier alpha value is -0.650. The molecule has 0 saturated carbocycles. The van der Waals surface area contributed by atoms with Crippen molar-refractivity contribution in [2.75, 3.05) is 39.9 Å². The normalized spacial score (nSPS) is 23.3. The van der Waals surface area contributed by atoms with Crippen molar-refractivity contribution in [3.05, 3.63) is 0 Å². The number of nitrogens with one attached hydrogen (secondary N) is 1. The summed E-state index contributed by atoms with van der Waals surface area (Å²) in [5.74, 6) is -0.183. The topological polar surface area (TPSA) is 61.8 Å². The lowest BCUT2D eigenvalue weighted by Gasteiger charge is -2.31. The van der Waals surface area contributed by atoms with E-state index in [2.05, 4.69) is 17.3 Å². The minimum Gasteiger partial charge on any atom is -0.480 e. The molecule has 5 nitrogen and oxygen atoms in total. The van der Waals surface area contributed by atoms with Gasteiger partial charge in [-0.1, -0.05) is 6.92 Å². The van der Waals surface area contributed by atoms with E-state index in [1.807, 2.05) is 6.92 Å². The van der Waals surface area contributed by atoms with Crippen LogP contribution in [0.5, 0.6) is 0 Å². The molecule has 0 aliphatic carbocycles. The fourth-order valence-corrected chi connectivity index (χ4v) is 2.56. The van der Waals surface area contributed by atoms with E-state index in [4.69, 9.17) is 4.74 Å². The summed E-state index contributed by atoms with van der Waals surface area (Å²) in [5.41, 5.74) is -0.827. The van der Waals surface area contributed by atoms with Crippen LogP contribution in [0.4, 0.5) is 0 Å². The number of hydrogen-bond acceptors (Lipinski definition) is 4. The minimum atomic E-state index is -0.827. The molecule has 1 aliphatic rings. The molecular weight excluding hydrogens is 244 g/mol. The van der Waals surface area contributed by atoms with Gasteiger partial charge in [-0.15, -0.1) is 0 Å². The summed E-state index contributed by atoms with van der Waals surface area (Å²) in [6, 6.07) is 0. The number of hydrogen-bond donors (Lipinski definition) is 2. The quantitative estimate of drug-likeness (QED) is 0.695. The van der Waals surface area contributed by atoms with Gasteiger partial charge in [0, 0.05) is 19.7 Å². The molecule has 1 heterocycles. The van der Waals surface area contributed by atoms with Gasteiger partial charge < -0.3 is 20.1 Å². The molecule has 2 N–H and O–H groups in total. The number of likely N-dealkylation sites (N-methyl/N-ethyl adjacent to an activating group) is 1. The van der Waals surface area contributed by atoms with Gasteiger partial charge in [-0.25, -0.2) is 0 Å². The molecular formula is C14H28N2O3. The average molecular weight is 272 g/mol. The van der Waals surface area contributed by atoms with Crippen molar-refractivity contribution in [1.29, 1.82) is 0 Å². The van der Waals surface area contributed by atoms with Crippen LogP contribution in [0.15, 0.2) is 0 Å². The van der Waals surface area contributed by atoms with Crippen molar-refractivity contribution in [3.63, 3.8) is 0 Å². The smallest absolute Gasteiger partial charge is 0.323 e. The fraction of sp³-hybridized carbons (Fsp3) is 0.929. The Balaban J connectivity index is 2.34. The average Bonchev–Trinajstić information content (AvgIpc) is 2.38. The van der Waals surface area contributed by atoms with E-state index in [0.717, 1.165) is 32.7 Å². The predicted octanol–water partition coefficient (Wildman–Crippen LogP) is 1.19. The summed E-state index contributed by atoms with van der Waals surface area (Å²) in [6.07, 6.45) is 2.97. The lowest BCUT2D eigenvalue weighted by Crippen LogP contribution is -2.51. The molecule has 0 aromatic rings. The van der Waals surface area contributed by atoms with Crippen LogP contribution >= 0.6 is 0 Å². The fourth-order valence-electron chi connectivity index (χ4n) is 2.56. The van der Waals surface area contributed by atoms with E-state index >= 15 is 0 Å². The van der Waals surface area contributed by atoms with Crippen LogP contribution < -0.4 is 5.32 Å². The number of aliphatic carboxylic acids is 1. The monoisotopic (exact) mass is 272 g/mol. The highest BCUT2D eigenvalue weighted by molar-refractivity contribution is 5.78. The van der Waals surface area contributed by atoms with Gasteiger partial charge >= 0.3 is 5.97 Å². The van der Waals surface area contributed by atoms with Gasteiger partial charge in [0.2, 0.25) is 0 Å². The molecule has 19 heavy (non-hydrogen) atoms. The lowest BCUT2D eigenvalue weighted by molar-refractivity contribution is -0.144. The van der Waals surface area contributed by atoms with Gasteiger partial charge in [0.05, 0.1) is 6.61 Å². The first-order valence-corrected chi connectivity index (χ1v) is 7.22. The van der Waals surface area contributed by atoms with Gasteiger partial charge in [0.15, 0.2) is 0 Å². The van der Waals surface area contributed by atoms with Crippen molar-refractivity contribution in [1.82, 2.24) is 10.2 Å². The second-order valence-electron chi connectivity index (χ2n) is 5.76. The van der Waals surface area contributed by atoms with Gasteiger partial charge in [-0.2, -0.15) is 0 Å². The van der Waals surface area contributed by atoms with Gasteiger partial charge in [0.25, 0.3) is 0 Å². The third-order valence-electron chi connectivity index (χ3n) is 3.86. The number of carboxylic acids is 1. The van der Waals surface area contributed by atoms with Crippen molar-refractivity contribution >= 4 is 5.97 Å². The highest BCUT2D eigenvalue weighted by atomic mass is 16.5. The molecule has 1 aliphatic heterocycles. The maximum atomic E-state index is 11.3. The number of ether oxygens (including phenoxy) is 1. The zero-order valence-corrected chi connectivity index (χ0v) is 12.4. The van der Waals surface area contributed by atoms with E-state index in [9.17, 15) is 9.90 Å². The van der Waals surface area contributed by atoms with Crippen LogP contribution in [0.2, 0.25) is 0 Å². The Bertz CT molecular complexity index is 280. The lowest BCUT2D eigenvalue weighted by atomic mass is 9.97. The molecule has 0 aromatic carbocycles. The summed E-state index contributed by atoms with van der Waals surface area (Å²) in [5, 5.41) is 12.4. The minimum absolute atomic E-state index is 0.592. The number of rotatable bonds is 8. The molecule has 0 spiro atoms. The van der Waals surface area contributed by atoms with E-state index < -0.39 is 11.5 Å². The molecule has 1 fully saturated rings. The Morgan fingerprint density at radius 2 is 2.32 bits per heavy atom. The Labute approximate surface area is 116 Å². The SMILES string of the molecule is CCNC(C)(CCN(C)CC1CCCOC1)C(=O)O. The summed E-state index contributed by atoms with van der Waals surface area (Å²) in [4.78, 5) is 13.5. The van der Waals surface area contributed by atoms with Crippen LogP contribution in [0, 0.1) is 5.92 Å². The zero-order chi connectivity index (χ0) is 14.3. The van der Waals surface area contributed by atoms with Crippen molar-refractivity contribution < 1.29 is 14.6 Å². The van der Waals surface area contributed by atoms with E-state index in [1.54, 1.807) is 6.92 Å². The maximum Gasteiger partial charge on any atom is 0.323 e. The highest BCUT2D eigenvalue weighted by Crippen LogP contribution is 2.16. The third-order valence-corrected chi connectivity index (χ3v) is 3.86. The van der Waals surface area contributed by atoms with E-state index in [0.29, 0.717) is 18.9 Å². The van der Waals surface area contributed by atoms with Crippen LogP contribution in [0.1, 0.15) is 33.1 Å². The van der Waals surface area contributed by atoms with E-state index in [1.165, 1.54) is 6.42 Å². The molecule has 0 bridgehead atoms. The standard InChI is InChI=1S/C14H28N2O3/c1-4-15-14(2,13(17)18)7-8-16(3)10-12-6-5-9-19-11-12/h12,15H,4-11H2,1-3H3,(H,17,18). The van der Waals surface area contributed by atoms with Crippen LogP contribution in [0.25, 0.3) is 0 Å². The number of carboxylic acid groups (broad SMARTS) is 1. The number of nitrogens with zero attached hydrogens (tertiary/aromatic N) is 1. The van der Waals surface area contributed by atoms with Gasteiger partial charge in [-0.3, -0.25) is 4.79 Å². The molecule has 1 saturated heterocycles. The largest absolute Gasteiger partial charge is 0.480 e. The van der Waals surface area contributed by atoms with Gasteiger partial charge in [-0.05, 0) is 45.7 Å². The van der Waals surface area contributed by atoms with Gasteiger partial charge in [0.1, 0.15) is 5.54 Å². The third kappa shape index (κ3) is 5.47. The van der Waals surface area contributed by atoms with E-state index in [-0.39, 0.29) is 0 Å². The second kappa shape index (κ2) is 7.82. The van der Waals surface area contributed by atoms with Crippen LogP contribution in [-0.4, -0.2) is 61.4 Å². The Morgan fingerprint density at radius 1 is 1.58 bits per heavy atom. The molecule has 0 radical (unpaired) electrons. The Morgan fingerprint density at radius 3 is 2.84 bits per heavy atom. The van der Waals surface area contributed by atoms with Crippen LogP contribution in [-0.2, 0) is 9.53 Å². The first-order chi connectivity index (χ1) is 8.98. The molecule has 0 aromatic heterocycles. The maximum absolute atomic E-state index is 11.3. The first kappa shape index (κ1) is 16.4. The summed E-state index contributed by atoms with van der Waals surface area (Å²) in [7, 11) is 2.06. The highest BCUT2D eigenvalue weighted by Gasteiger charge is 2.32. The molecule has 112 valence electrons. The molecule has 2 atom stereocenters. The summed E-state index contributed by atoms with van der Waals surface area (Å²) >= 11 is 0. The predicted molar refractivity (Wildman–Crippen MR) is 75.4 cm³/mol. The molecule has 5 heteroatoms. The van der Waals surface area contributed by atoms with Crippen LogP contribution in [0.3, 0.4) is 0 Å². The second-order valence-corrected chi connectivity index (χ2v) is 5.76. The first-order valence-electron chi connectivity index (χ1n) is 7.22. The molecule has 1 rings (SSSR count). The molecule has 2 unspecified atom stereocenters. The van der Waals surface area contributed by atoms with Crippen molar-refractivity contribution in [2.24, 2.45) is 5.92 Å². The summed E-state index contributed by atoms with van der Waals surface area (Å²) in [6.45, 7) is 7.86. The number of carbonyl (C=O) groups is 1.